The van der Waals surface area contributed by atoms with Crippen LogP contribution in [0.4, 0.5) is 5.69 Å². The lowest BCUT2D eigenvalue weighted by Crippen LogP contribution is -2.40. The molecule has 0 aliphatic carbocycles. The van der Waals surface area contributed by atoms with Gasteiger partial charge in [-0.05, 0) is 63.4 Å². The summed E-state index contributed by atoms with van der Waals surface area (Å²) < 4.78 is 0. The molecule has 0 bridgehead atoms. The zero-order chi connectivity index (χ0) is 20.6. The van der Waals surface area contributed by atoms with Gasteiger partial charge in [-0.2, -0.15) is 0 Å². The number of anilines is 1. The summed E-state index contributed by atoms with van der Waals surface area (Å²) in [5.74, 6) is -0.348. The van der Waals surface area contributed by atoms with Crippen LogP contribution in [0.15, 0.2) is 24.3 Å². The van der Waals surface area contributed by atoms with E-state index in [-0.39, 0.29) is 24.3 Å². The molecule has 7 heteroatoms. The molecule has 7 nitrogen and oxygen atoms in total. The van der Waals surface area contributed by atoms with Crippen LogP contribution in [0, 0.1) is 0 Å². The first-order valence-corrected chi connectivity index (χ1v) is 10.7. The molecule has 0 spiro atoms. The van der Waals surface area contributed by atoms with Gasteiger partial charge in [0.1, 0.15) is 0 Å². The summed E-state index contributed by atoms with van der Waals surface area (Å²) in [7, 11) is 0. The summed E-state index contributed by atoms with van der Waals surface area (Å²) in [6.07, 6.45) is 6.20. The monoisotopic (exact) mass is 400 g/mol. The van der Waals surface area contributed by atoms with Crippen molar-refractivity contribution >= 4 is 23.4 Å². The lowest BCUT2D eigenvalue weighted by atomic mass is 10.0. The van der Waals surface area contributed by atoms with Crippen molar-refractivity contribution in [2.45, 2.75) is 51.5 Å². The second-order valence-electron chi connectivity index (χ2n) is 7.96. The van der Waals surface area contributed by atoms with E-state index < -0.39 is 0 Å². The van der Waals surface area contributed by atoms with Crippen molar-refractivity contribution in [2.24, 2.45) is 0 Å². The Labute approximate surface area is 172 Å². The standard InChI is InChI=1S/C22H32N4O3/c1-17-6-2-3-13-25(17)14-5-12-23-20(27)16-24-22(29)18-8-10-19(11-9-18)26-15-4-7-21(26)28/h8-11,17H,2-7,12-16H2,1H3,(H,23,27)(H,24,29). The second kappa shape index (κ2) is 10.4. The van der Waals surface area contributed by atoms with Crippen LogP contribution < -0.4 is 15.5 Å². The zero-order valence-electron chi connectivity index (χ0n) is 17.3. The third-order valence-corrected chi connectivity index (χ3v) is 5.81. The molecule has 1 unspecified atom stereocenters. The Hall–Kier alpha value is -2.41. The molecule has 1 atom stereocenters. The fourth-order valence-electron chi connectivity index (χ4n) is 4.04. The Morgan fingerprint density at radius 3 is 2.55 bits per heavy atom. The maximum absolute atomic E-state index is 12.2. The molecule has 1 aromatic rings. The van der Waals surface area contributed by atoms with Gasteiger partial charge >= 0.3 is 0 Å². The summed E-state index contributed by atoms with van der Waals surface area (Å²) in [4.78, 5) is 40.2. The molecule has 0 saturated carbocycles. The fraction of sp³-hybridized carbons (Fsp3) is 0.591. The molecule has 158 valence electrons. The van der Waals surface area contributed by atoms with Crippen molar-refractivity contribution in [1.82, 2.24) is 15.5 Å². The van der Waals surface area contributed by atoms with Crippen molar-refractivity contribution in [3.05, 3.63) is 29.8 Å². The normalized spacial score (nSPS) is 20.0. The highest BCUT2D eigenvalue weighted by Gasteiger charge is 2.21. The minimum atomic E-state index is -0.290. The molecule has 2 fully saturated rings. The van der Waals surface area contributed by atoms with E-state index in [2.05, 4.69) is 22.5 Å². The summed E-state index contributed by atoms with van der Waals surface area (Å²) >= 11 is 0. The van der Waals surface area contributed by atoms with Gasteiger partial charge in [0.05, 0.1) is 6.54 Å². The molecule has 2 aliphatic heterocycles. The van der Waals surface area contributed by atoms with Gasteiger partial charge in [0, 0.05) is 43.3 Å². The predicted molar refractivity (Wildman–Crippen MR) is 113 cm³/mol. The number of benzene rings is 1. The Morgan fingerprint density at radius 2 is 1.86 bits per heavy atom. The van der Waals surface area contributed by atoms with E-state index in [0.717, 1.165) is 38.2 Å². The molecule has 2 heterocycles. The Kier molecular flexibility index (Phi) is 7.63. The average Bonchev–Trinajstić information content (AvgIpc) is 3.16. The van der Waals surface area contributed by atoms with Crippen molar-refractivity contribution in [2.75, 3.05) is 37.6 Å². The highest BCUT2D eigenvalue weighted by molar-refractivity contribution is 5.98. The van der Waals surface area contributed by atoms with Crippen molar-refractivity contribution in [3.8, 4) is 0 Å². The van der Waals surface area contributed by atoms with Crippen LogP contribution in [0.3, 0.4) is 0 Å². The molecule has 3 rings (SSSR count). The van der Waals surface area contributed by atoms with Crippen molar-refractivity contribution in [1.29, 1.82) is 0 Å². The number of nitrogens with zero attached hydrogens (tertiary/aromatic N) is 2. The summed E-state index contributed by atoms with van der Waals surface area (Å²) in [5.41, 5.74) is 1.29. The first kappa shape index (κ1) is 21.3. The second-order valence-corrected chi connectivity index (χ2v) is 7.96. The van der Waals surface area contributed by atoms with E-state index in [0.29, 0.717) is 24.6 Å². The van der Waals surface area contributed by atoms with E-state index >= 15 is 0 Å². The van der Waals surface area contributed by atoms with Gasteiger partial charge < -0.3 is 20.4 Å². The quantitative estimate of drug-likeness (QED) is 0.654. The van der Waals surface area contributed by atoms with Crippen molar-refractivity contribution in [3.63, 3.8) is 0 Å². The molecule has 2 N–H and O–H groups in total. The number of carbonyl (C=O) groups excluding carboxylic acids is 3. The lowest BCUT2D eigenvalue weighted by molar-refractivity contribution is -0.120. The van der Waals surface area contributed by atoms with Gasteiger partial charge in [0.2, 0.25) is 11.8 Å². The van der Waals surface area contributed by atoms with E-state index in [1.165, 1.54) is 19.3 Å². The smallest absolute Gasteiger partial charge is 0.251 e. The molecule has 0 aromatic heterocycles. The molecule has 1 aromatic carbocycles. The van der Waals surface area contributed by atoms with Gasteiger partial charge in [0.25, 0.3) is 5.91 Å². The minimum absolute atomic E-state index is 0.0364. The molecule has 0 radical (unpaired) electrons. The van der Waals surface area contributed by atoms with E-state index in [1.54, 1.807) is 29.2 Å². The van der Waals surface area contributed by atoms with Crippen LogP contribution in [-0.2, 0) is 9.59 Å². The Morgan fingerprint density at radius 1 is 1.07 bits per heavy atom. The van der Waals surface area contributed by atoms with Gasteiger partial charge in [0.15, 0.2) is 0 Å². The number of hydrogen-bond donors (Lipinski definition) is 2. The van der Waals surface area contributed by atoms with Gasteiger partial charge in [-0.3, -0.25) is 14.4 Å². The number of likely N-dealkylation sites (tertiary alicyclic amines) is 1. The minimum Gasteiger partial charge on any atom is -0.355 e. The predicted octanol–water partition coefficient (Wildman–Crippen LogP) is 1.92. The zero-order valence-corrected chi connectivity index (χ0v) is 17.3. The van der Waals surface area contributed by atoms with Crippen LogP contribution >= 0.6 is 0 Å². The molecular weight excluding hydrogens is 368 g/mol. The van der Waals surface area contributed by atoms with Gasteiger partial charge in [-0.25, -0.2) is 0 Å². The third kappa shape index (κ3) is 6.03. The molecule has 3 amide bonds. The number of carbonyl (C=O) groups is 3. The van der Waals surface area contributed by atoms with Crippen LogP contribution in [0.5, 0.6) is 0 Å². The number of rotatable bonds is 8. The first-order valence-electron chi connectivity index (χ1n) is 10.7. The molecular formula is C22H32N4O3. The molecule has 2 saturated heterocycles. The van der Waals surface area contributed by atoms with Gasteiger partial charge in [-0.15, -0.1) is 0 Å². The van der Waals surface area contributed by atoms with Crippen LogP contribution in [0.25, 0.3) is 0 Å². The largest absolute Gasteiger partial charge is 0.355 e. The Balaban J connectivity index is 1.34. The topological polar surface area (TPSA) is 81.8 Å². The maximum Gasteiger partial charge on any atom is 0.251 e. The van der Waals surface area contributed by atoms with Crippen LogP contribution in [0.2, 0.25) is 0 Å². The number of amides is 3. The van der Waals surface area contributed by atoms with Crippen LogP contribution in [-0.4, -0.2) is 61.4 Å². The van der Waals surface area contributed by atoms with E-state index in [4.69, 9.17) is 0 Å². The summed E-state index contributed by atoms with van der Waals surface area (Å²) in [6.45, 7) is 5.72. The first-order chi connectivity index (χ1) is 14.0. The average molecular weight is 401 g/mol. The van der Waals surface area contributed by atoms with Crippen molar-refractivity contribution < 1.29 is 14.4 Å². The lowest BCUT2D eigenvalue weighted by Gasteiger charge is -2.33. The van der Waals surface area contributed by atoms with Crippen LogP contribution in [0.1, 0.15) is 55.8 Å². The number of hydrogen-bond acceptors (Lipinski definition) is 4. The van der Waals surface area contributed by atoms with Gasteiger partial charge in [-0.1, -0.05) is 6.42 Å². The SMILES string of the molecule is CC1CCCCN1CCCNC(=O)CNC(=O)c1ccc(N2CCCC2=O)cc1. The fourth-order valence-corrected chi connectivity index (χ4v) is 4.04. The highest BCUT2D eigenvalue weighted by Crippen LogP contribution is 2.21. The summed E-state index contributed by atoms with van der Waals surface area (Å²) in [6, 6.07) is 7.57. The third-order valence-electron chi connectivity index (χ3n) is 5.81. The summed E-state index contributed by atoms with van der Waals surface area (Å²) in [5, 5.41) is 5.52. The number of nitrogens with one attached hydrogen (secondary N) is 2. The van der Waals surface area contributed by atoms with E-state index in [1.807, 2.05) is 0 Å². The molecule has 2 aliphatic rings. The number of piperidine rings is 1. The highest BCUT2D eigenvalue weighted by atomic mass is 16.2. The molecule has 29 heavy (non-hydrogen) atoms. The Bertz CT molecular complexity index is 719. The maximum atomic E-state index is 12.2. The van der Waals surface area contributed by atoms with E-state index in [9.17, 15) is 14.4 Å².